The van der Waals surface area contributed by atoms with E-state index in [4.69, 9.17) is 0 Å². The Labute approximate surface area is 120 Å². The number of benzene rings is 1. The van der Waals surface area contributed by atoms with Crippen LogP contribution in [0.2, 0.25) is 0 Å². The molecule has 0 bridgehead atoms. The molecular weight excluding hydrogens is 303 g/mol. The summed E-state index contributed by atoms with van der Waals surface area (Å²) in [5, 5.41) is 9.23. The number of likely N-dealkylation sites (tertiary alicyclic amines) is 1. The van der Waals surface area contributed by atoms with Crippen molar-refractivity contribution >= 4 is 21.8 Å². The van der Waals surface area contributed by atoms with Crippen molar-refractivity contribution in [2.24, 2.45) is 0 Å². The number of halogens is 1. The first kappa shape index (κ1) is 15.4. The van der Waals surface area contributed by atoms with Gasteiger partial charge in [0.05, 0.1) is 11.0 Å². The minimum atomic E-state index is -4.75. The molecule has 1 heterocycles. The third-order valence-corrected chi connectivity index (χ3v) is 4.69. The summed E-state index contributed by atoms with van der Waals surface area (Å²) in [7, 11) is -4.75. The van der Waals surface area contributed by atoms with Crippen LogP contribution in [0.1, 0.15) is 24.9 Å². The second-order valence-corrected chi connectivity index (χ2v) is 6.49. The Bertz CT molecular complexity index is 673. The van der Waals surface area contributed by atoms with Gasteiger partial charge in [0.25, 0.3) is 5.69 Å². The number of rotatable bonds is 4. The standard InChI is InChI=1S/C12H13FN2O5S/c1-8(9-2-4-10(5-3-9)15(17)18)14-7-11(6-12(14)16)21(13,19)20/h2-5,8,11H,6-7H2,1H3/t8-,11?/m0/s1. The van der Waals surface area contributed by atoms with Crippen molar-refractivity contribution in [2.45, 2.75) is 24.6 Å². The quantitative estimate of drug-likeness (QED) is 0.477. The normalized spacial score (nSPS) is 20.6. The van der Waals surface area contributed by atoms with E-state index in [2.05, 4.69) is 0 Å². The zero-order valence-electron chi connectivity index (χ0n) is 11.1. The molecule has 2 rings (SSSR count). The molecule has 1 fully saturated rings. The van der Waals surface area contributed by atoms with Gasteiger partial charge in [-0.15, -0.1) is 3.89 Å². The average Bonchev–Trinajstić information content (AvgIpc) is 2.80. The van der Waals surface area contributed by atoms with E-state index in [-0.39, 0.29) is 18.7 Å². The molecule has 7 nitrogen and oxygen atoms in total. The molecule has 0 saturated carbocycles. The first-order valence-electron chi connectivity index (χ1n) is 6.17. The van der Waals surface area contributed by atoms with Crippen LogP contribution in [0, 0.1) is 10.1 Å². The Hall–Kier alpha value is -2.03. The van der Waals surface area contributed by atoms with Crippen molar-refractivity contribution in [2.75, 3.05) is 6.54 Å². The molecule has 0 aliphatic carbocycles. The number of hydrogen-bond acceptors (Lipinski definition) is 5. The predicted molar refractivity (Wildman–Crippen MR) is 71.7 cm³/mol. The molecule has 1 aliphatic heterocycles. The Balaban J connectivity index is 2.18. The zero-order valence-corrected chi connectivity index (χ0v) is 11.9. The van der Waals surface area contributed by atoms with Crippen LogP contribution in [0.5, 0.6) is 0 Å². The van der Waals surface area contributed by atoms with Gasteiger partial charge in [-0.1, -0.05) is 12.1 Å². The van der Waals surface area contributed by atoms with Gasteiger partial charge in [-0.05, 0) is 12.5 Å². The molecule has 0 spiro atoms. The van der Waals surface area contributed by atoms with Crippen LogP contribution in [-0.2, 0) is 15.0 Å². The second kappa shape index (κ2) is 5.40. The lowest BCUT2D eigenvalue weighted by Gasteiger charge is -2.24. The summed E-state index contributed by atoms with van der Waals surface area (Å²) in [5.74, 6) is -0.452. The molecule has 1 aliphatic rings. The van der Waals surface area contributed by atoms with Gasteiger partial charge in [-0.3, -0.25) is 14.9 Å². The smallest absolute Gasteiger partial charge is 0.307 e. The molecule has 1 aromatic carbocycles. The average molecular weight is 316 g/mol. The van der Waals surface area contributed by atoms with Gasteiger partial charge in [-0.25, -0.2) is 0 Å². The Morgan fingerprint density at radius 1 is 1.38 bits per heavy atom. The van der Waals surface area contributed by atoms with Crippen LogP contribution in [0.25, 0.3) is 0 Å². The topological polar surface area (TPSA) is 97.6 Å². The third-order valence-electron chi connectivity index (χ3n) is 3.57. The summed E-state index contributed by atoms with van der Waals surface area (Å²) in [5.41, 5.74) is 0.536. The molecule has 1 unspecified atom stereocenters. The predicted octanol–water partition coefficient (Wildman–Crippen LogP) is 1.56. The van der Waals surface area contributed by atoms with Crippen LogP contribution in [-0.4, -0.2) is 35.9 Å². The van der Waals surface area contributed by atoms with Gasteiger partial charge in [0, 0.05) is 25.1 Å². The minimum Gasteiger partial charge on any atom is -0.334 e. The summed E-state index contributed by atoms with van der Waals surface area (Å²) < 4.78 is 34.7. The van der Waals surface area contributed by atoms with Crippen molar-refractivity contribution in [3.05, 3.63) is 39.9 Å². The Kier molecular flexibility index (Phi) is 3.95. The molecule has 21 heavy (non-hydrogen) atoms. The van der Waals surface area contributed by atoms with E-state index >= 15 is 0 Å². The van der Waals surface area contributed by atoms with E-state index in [1.807, 2.05) is 0 Å². The molecule has 2 atom stereocenters. The van der Waals surface area contributed by atoms with Crippen molar-refractivity contribution in [1.29, 1.82) is 0 Å². The highest BCUT2D eigenvalue weighted by molar-refractivity contribution is 7.87. The highest BCUT2D eigenvalue weighted by Gasteiger charge is 2.40. The largest absolute Gasteiger partial charge is 0.334 e. The van der Waals surface area contributed by atoms with Crippen molar-refractivity contribution in [3.8, 4) is 0 Å². The summed E-state index contributed by atoms with van der Waals surface area (Å²) in [6.07, 6.45) is -0.379. The third kappa shape index (κ3) is 3.18. The monoisotopic (exact) mass is 316 g/mol. The SMILES string of the molecule is C[C@@H](c1ccc([N+](=O)[O-])cc1)N1CC(S(=O)(=O)F)CC1=O. The van der Waals surface area contributed by atoms with Crippen LogP contribution >= 0.6 is 0 Å². The highest BCUT2D eigenvalue weighted by Crippen LogP contribution is 2.29. The van der Waals surface area contributed by atoms with Gasteiger partial charge >= 0.3 is 10.2 Å². The maximum Gasteiger partial charge on any atom is 0.307 e. The van der Waals surface area contributed by atoms with E-state index in [9.17, 15) is 27.2 Å². The summed E-state index contributed by atoms with van der Waals surface area (Å²) in [4.78, 5) is 23.1. The molecular formula is C12H13FN2O5S. The van der Waals surface area contributed by atoms with Crippen LogP contribution < -0.4 is 0 Å². The lowest BCUT2D eigenvalue weighted by Crippen LogP contribution is -2.30. The molecule has 1 amide bonds. The van der Waals surface area contributed by atoms with Crippen LogP contribution in [0.4, 0.5) is 9.57 Å². The fourth-order valence-electron chi connectivity index (χ4n) is 2.31. The van der Waals surface area contributed by atoms with E-state index in [1.54, 1.807) is 6.92 Å². The number of nitro benzene ring substituents is 1. The number of non-ortho nitro benzene ring substituents is 1. The fourth-order valence-corrected chi connectivity index (χ4v) is 3.00. The van der Waals surface area contributed by atoms with Gasteiger partial charge in [-0.2, -0.15) is 8.42 Å². The molecule has 0 aromatic heterocycles. The van der Waals surface area contributed by atoms with E-state index in [0.29, 0.717) is 5.56 Å². The molecule has 114 valence electrons. The number of nitro groups is 1. The zero-order chi connectivity index (χ0) is 15.8. The lowest BCUT2D eigenvalue weighted by molar-refractivity contribution is -0.384. The van der Waals surface area contributed by atoms with E-state index < -0.39 is 32.3 Å². The molecule has 1 saturated heterocycles. The maximum atomic E-state index is 13.0. The molecule has 0 N–H and O–H groups in total. The van der Waals surface area contributed by atoms with E-state index in [0.717, 1.165) is 0 Å². The van der Waals surface area contributed by atoms with Gasteiger partial charge < -0.3 is 4.90 Å². The van der Waals surface area contributed by atoms with Crippen LogP contribution in [0.3, 0.4) is 0 Å². The molecule has 0 radical (unpaired) electrons. The minimum absolute atomic E-state index is 0.0806. The second-order valence-electron chi connectivity index (χ2n) is 4.87. The number of hydrogen-bond donors (Lipinski definition) is 0. The van der Waals surface area contributed by atoms with Crippen molar-refractivity contribution in [1.82, 2.24) is 4.90 Å². The van der Waals surface area contributed by atoms with Gasteiger partial charge in [0.1, 0.15) is 5.25 Å². The number of carbonyl (C=O) groups excluding carboxylic acids is 1. The number of amides is 1. The number of carbonyl (C=O) groups is 1. The first-order chi connectivity index (χ1) is 9.70. The number of nitrogens with zero attached hydrogens (tertiary/aromatic N) is 2. The molecule has 9 heteroatoms. The van der Waals surface area contributed by atoms with Gasteiger partial charge in [0.2, 0.25) is 5.91 Å². The van der Waals surface area contributed by atoms with E-state index in [1.165, 1.54) is 29.2 Å². The fraction of sp³-hybridized carbons (Fsp3) is 0.417. The highest BCUT2D eigenvalue weighted by atomic mass is 32.3. The maximum absolute atomic E-state index is 13.0. The van der Waals surface area contributed by atoms with Crippen molar-refractivity contribution < 1.29 is 22.0 Å². The van der Waals surface area contributed by atoms with Gasteiger partial charge in [0.15, 0.2) is 0 Å². The summed E-state index contributed by atoms with van der Waals surface area (Å²) in [6, 6.07) is 5.11. The Morgan fingerprint density at radius 2 is 1.95 bits per heavy atom. The van der Waals surface area contributed by atoms with Crippen molar-refractivity contribution in [3.63, 3.8) is 0 Å². The summed E-state index contributed by atoms with van der Waals surface area (Å²) in [6.45, 7) is 1.45. The first-order valence-corrected chi connectivity index (χ1v) is 7.62. The van der Waals surface area contributed by atoms with Crippen LogP contribution in [0.15, 0.2) is 24.3 Å². The lowest BCUT2D eigenvalue weighted by atomic mass is 10.1. The Morgan fingerprint density at radius 3 is 2.38 bits per heavy atom. The molecule has 1 aromatic rings. The summed E-state index contributed by atoms with van der Waals surface area (Å²) >= 11 is 0.